The highest BCUT2D eigenvalue weighted by Gasteiger charge is 2.10. The number of unbranched alkanes of at least 4 members (excludes halogenated alkanes) is 14. The lowest BCUT2D eigenvalue weighted by Gasteiger charge is -2.21. The van der Waals surface area contributed by atoms with Crippen LogP contribution in [0.4, 0.5) is 0 Å². The Morgan fingerprint density at radius 3 is 1.38 bits per heavy atom. The normalized spacial score (nSPS) is 13.9. The molecule has 1 rings (SSSR count). The van der Waals surface area contributed by atoms with Gasteiger partial charge >= 0.3 is 0 Å². The predicted octanol–water partition coefficient (Wildman–Crippen LogP) is 7.69. The zero-order valence-electron chi connectivity index (χ0n) is 17.6. The zero-order chi connectivity index (χ0) is 18.7. The fourth-order valence-electron chi connectivity index (χ4n) is 3.73. The van der Waals surface area contributed by atoms with Gasteiger partial charge in [0.05, 0.1) is 6.67 Å². The van der Waals surface area contributed by atoms with Gasteiger partial charge in [0.15, 0.2) is 0 Å². The largest absolute Gasteiger partial charge is 0.359 e. The summed E-state index contributed by atoms with van der Waals surface area (Å²) >= 11 is 3.51. The van der Waals surface area contributed by atoms with E-state index in [2.05, 4.69) is 45.1 Å². The second-order valence-electron chi connectivity index (χ2n) is 8.06. The third-order valence-corrected chi connectivity index (χ3v) is 6.04. The summed E-state index contributed by atoms with van der Waals surface area (Å²) in [6.07, 6.45) is 27.2. The van der Waals surface area contributed by atoms with Crippen LogP contribution in [0, 0.1) is 0 Å². The average Bonchev–Trinajstić information content (AvgIpc) is 3.10. The monoisotopic (exact) mass is 428 g/mol. The van der Waals surface area contributed by atoms with Crippen molar-refractivity contribution in [2.75, 3.05) is 25.1 Å². The Bertz CT molecular complexity index is 319. The molecular formula is C23H45BrN2. The van der Waals surface area contributed by atoms with Gasteiger partial charge in [0.25, 0.3) is 0 Å². The molecule has 3 heteroatoms. The van der Waals surface area contributed by atoms with E-state index in [0.29, 0.717) is 0 Å². The summed E-state index contributed by atoms with van der Waals surface area (Å²) in [6.45, 7) is 5.89. The van der Waals surface area contributed by atoms with E-state index in [1.54, 1.807) is 0 Å². The summed E-state index contributed by atoms with van der Waals surface area (Å²) in [7, 11) is 0. The summed E-state index contributed by atoms with van der Waals surface area (Å²) in [5, 5.41) is 1.16. The molecule has 0 bridgehead atoms. The molecular weight excluding hydrogens is 384 g/mol. The molecule has 0 radical (unpaired) electrons. The maximum Gasteiger partial charge on any atom is 0.0893 e. The molecule has 0 atom stereocenters. The Hall–Kier alpha value is -0.180. The minimum atomic E-state index is 1.12. The summed E-state index contributed by atoms with van der Waals surface area (Å²) in [5.41, 5.74) is 0. The molecule has 0 unspecified atom stereocenters. The highest BCUT2D eigenvalue weighted by molar-refractivity contribution is 9.09. The number of hydrogen-bond donors (Lipinski definition) is 0. The van der Waals surface area contributed by atoms with E-state index in [1.165, 1.54) is 116 Å². The predicted molar refractivity (Wildman–Crippen MR) is 121 cm³/mol. The van der Waals surface area contributed by atoms with E-state index in [4.69, 9.17) is 0 Å². The topological polar surface area (TPSA) is 6.48 Å². The highest BCUT2D eigenvalue weighted by Crippen LogP contribution is 2.14. The smallest absolute Gasteiger partial charge is 0.0893 e. The van der Waals surface area contributed by atoms with Crippen molar-refractivity contribution >= 4 is 15.9 Å². The van der Waals surface area contributed by atoms with Gasteiger partial charge in [-0.05, 0) is 19.3 Å². The zero-order valence-corrected chi connectivity index (χ0v) is 19.2. The number of hydrogen-bond acceptors (Lipinski definition) is 2. The fourth-order valence-corrected chi connectivity index (χ4v) is 4.12. The SMILES string of the molecule is CCCCCCCCCCCCCCN1C=CN(CCCCCCBr)C1. The molecule has 1 heterocycles. The maximum absolute atomic E-state index is 3.51. The molecule has 0 aromatic heterocycles. The van der Waals surface area contributed by atoms with Crippen LogP contribution in [0.1, 0.15) is 110 Å². The summed E-state index contributed by atoms with van der Waals surface area (Å²) in [5.74, 6) is 0. The molecule has 0 fully saturated rings. The maximum atomic E-state index is 3.51. The lowest BCUT2D eigenvalue weighted by Crippen LogP contribution is -2.26. The highest BCUT2D eigenvalue weighted by atomic mass is 79.9. The van der Waals surface area contributed by atoms with E-state index in [9.17, 15) is 0 Å². The molecule has 0 aliphatic carbocycles. The van der Waals surface area contributed by atoms with Crippen molar-refractivity contribution in [3.63, 3.8) is 0 Å². The van der Waals surface area contributed by atoms with Crippen LogP contribution >= 0.6 is 15.9 Å². The van der Waals surface area contributed by atoms with Gasteiger partial charge in [0, 0.05) is 30.8 Å². The first-order valence-corrected chi connectivity index (χ1v) is 12.7. The molecule has 0 aromatic carbocycles. The van der Waals surface area contributed by atoms with Crippen molar-refractivity contribution in [2.45, 2.75) is 110 Å². The van der Waals surface area contributed by atoms with Crippen molar-refractivity contribution in [1.29, 1.82) is 0 Å². The first-order valence-electron chi connectivity index (χ1n) is 11.6. The van der Waals surface area contributed by atoms with Crippen molar-refractivity contribution in [3.8, 4) is 0 Å². The van der Waals surface area contributed by atoms with Gasteiger partial charge in [0.2, 0.25) is 0 Å². The number of alkyl halides is 1. The molecule has 0 aromatic rings. The van der Waals surface area contributed by atoms with Gasteiger partial charge in [-0.15, -0.1) is 0 Å². The Balaban J connectivity index is 1.80. The quantitative estimate of drug-likeness (QED) is 0.153. The fraction of sp³-hybridized carbons (Fsp3) is 0.913. The van der Waals surface area contributed by atoms with E-state index in [0.717, 1.165) is 12.0 Å². The van der Waals surface area contributed by atoms with Gasteiger partial charge in [-0.3, -0.25) is 0 Å². The van der Waals surface area contributed by atoms with E-state index < -0.39 is 0 Å². The van der Waals surface area contributed by atoms with Crippen LogP contribution in [-0.2, 0) is 0 Å². The van der Waals surface area contributed by atoms with Crippen molar-refractivity contribution in [1.82, 2.24) is 9.80 Å². The summed E-state index contributed by atoms with van der Waals surface area (Å²) < 4.78 is 0. The second-order valence-corrected chi connectivity index (χ2v) is 8.85. The van der Waals surface area contributed by atoms with Crippen LogP contribution in [0.5, 0.6) is 0 Å². The average molecular weight is 430 g/mol. The van der Waals surface area contributed by atoms with Crippen molar-refractivity contribution in [2.24, 2.45) is 0 Å². The minimum absolute atomic E-state index is 1.12. The molecule has 1 aliphatic heterocycles. The molecule has 154 valence electrons. The molecule has 0 spiro atoms. The van der Waals surface area contributed by atoms with Crippen LogP contribution in [0.25, 0.3) is 0 Å². The Morgan fingerprint density at radius 1 is 0.577 bits per heavy atom. The first kappa shape index (κ1) is 23.9. The third-order valence-electron chi connectivity index (χ3n) is 5.48. The Kier molecular flexibility index (Phi) is 16.7. The van der Waals surface area contributed by atoms with E-state index >= 15 is 0 Å². The van der Waals surface area contributed by atoms with Crippen LogP contribution in [0.3, 0.4) is 0 Å². The lowest BCUT2D eigenvalue weighted by atomic mass is 10.1. The van der Waals surface area contributed by atoms with Crippen LogP contribution in [0.2, 0.25) is 0 Å². The number of rotatable bonds is 19. The van der Waals surface area contributed by atoms with Gasteiger partial charge in [-0.1, -0.05) is 106 Å². The minimum Gasteiger partial charge on any atom is -0.359 e. The molecule has 0 N–H and O–H groups in total. The van der Waals surface area contributed by atoms with E-state index in [1.807, 2.05) is 0 Å². The number of nitrogens with zero attached hydrogens (tertiary/aromatic N) is 2. The Labute approximate surface area is 172 Å². The molecule has 26 heavy (non-hydrogen) atoms. The van der Waals surface area contributed by atoms with Crippen molar-refractivity contribution in [3.05, 3.63) is 12.4 Å². The van der Waals surface area contributed by atoms with Crippen LogP contribution in [-0.4, -0.2) is 34.9 Å². The van der Waals surface area contributed by atoms with Gasteiger partial charge in [-0.25, -0.2) is 0 Å². The Morgan fingerprint density at radius 2 is 0.962 bits per heavy atom. The van der Waals surface area contributed by atoms with Gasteiger partial charge in [-0.2, -0.15) is 0 Å². The second kappa shape index (κ2) is 18.2. The van der Waals surface area contributed by atoms with Crippen molar-refractivity contribution < 1.29 is 0 Å². The van der Waals surface area contributed by atoms with E-state index in [-0.39, 0.29) is 0 Å². The molecule has 2 nitrogen and oxygen atoms in total. The van der Waals surface area contributed by atoms with Gasteiger partial charge < -0.3 is 9.80 Å². The summed E-state index contributed by atoms with van der Waals surface area (Å²) in [4.78, 5) is 4.98. The van der Waals surface area contributed by atoms with Crippen LogP contribution in [0.15, 0.2) is 12.4 Å². The standard InChI is InChI=1S/C23H45BrN2/c1-2-3-4-5-6-7-8-9-10-11-13-16-19-25-21-22-26(23-25)20-17-14-12-15-18-24/h21-22H,2-20,23H2,1H3. The number of halogens is 1. The molecule has 0 saturated carbocycles. The summed E-state index contributed by atoms with van der Waals surface area (Å²) in [6, 6.07) is 0. The molecule has 0 amide bonds. The van der Waals surface area contributed by atoms with Gasteiger partial charge in [0.1, 0.15) is 0 Å². The molecule has 1 aliphatic rings. The third kappa shape index (κ3) is 13.9. The van der Waals surface area contributed by atoms with Crippen LogP contribution < -0.4 is 0 Å². The lowest BCUT2D eigenvalue weighted by molar-refractivity contribution is 0.257. The first-order chi connectivity index (χ1) is 12.9. The molecule has 0 saturated heterocycles.